The molecule has 0 unspecified atom stereocenters. The predicted octanol–water partition coefficient (Wildman–Crippen LogP) is 6.59. The summed E-state index contributed by atoms with van der Waals surface area (Å²) < 4.78 is 4.85. The summed E-state index contributed by atoms with van der Waals surface area (Å²) in [6, 6.07) is 0. The number of esters is 1. The van der Waals surface area contributed by atoms with Gasteiger partial charge in [-0.2, -0.15) is 0 Å². The smallest absolute Gasteiger partial charge is 0.305 e. The van der Waals surface area contributed by atoms with Gasteiger partial charge in [0, 0.05) is 31.6 Å². The molecule has 4 rings (SSSR count). The van der Waals surface area contributed by atoms with Crippen molar-refractivity contribution in [1.29, 1.82) is 0 Å². The molecule has 186 valence electrons. The topological polar surface area (TPSA) is 60.4 Å². The zero-order chi connectivity index (χ0) is 25.0. The first kappa shape index (κ1) is 27.5. The molecular formula is C29H46O4. The number of rotatable bonds is 4. The third-order valence-electron chi connectivity index (χ3n) is 10.1. The third-order valence-corrected chi connectivity index (χ3v) is 10.1. The number of carbonyl (C=O) groups excluding carboxylic acids is 3. The van der Waals surface area contributed by atoms with Crippen LogP contribution < -0.4 is 0 Å². The maximum absolute atomic E-state index is 13.1. The highest BCUT2D eigenvalue weighted by atomic mass is 16.5. The fourth-order valence-electron chi connectivity index (χ4n) is 8.46. The van der Waals surface area contributed by atoms with Crippen LogP contribution in [0, 0.1) is 46.3 Å². The van der Waals surface area contributed by atoms with Crippen molar-refractivity contribution in [2.24, 2.45) is 46.3 Å². The molecule has 4 nitrogen and oxygen atoms in total. The monoisotopic (exact) mass is 458 g/mol. The Balaban J connectivity index is 0.000000914. The van der Waals surface area contributed by atoms with E-state index in [1.165, 1.54) is 32.8 Å². The van der Waals surface area contributed by atoms with Gasteiger partial charge < -0.3 is 4.74 Å². The van der Waals surface area contributed by atoms with Crippen LogP contribution in [0.3, 0.4) is 0 Å². The second-order valence-electron chi connectivity index (χ2n) is 11.2. The first-order valence-electron chi connectivity index (χ1n) is 12.8. The van der Waals surface area contributed by atoms with Gasteiger partial charge in [-0.1, -0.05) is 20.8 Å². The first-order chi connectivity index (χ1) is 15.7. The standard InChI is InChI=1S/C25H38O4.2C2H4/c1-15(5-8-23(28)29-4)18-6-7-19-17-14-22(27)21-13-16(26)9-11-25(21,3)20(17)10-12-24(18,19)2;2*1-2/h15,17-21H,5-14H2,1-4H3;2*1-2H2/t15-,17+,18-,19+,20+,21-,24-,25-;;/m1../s1. The molecule has 0 bridgehead atoms. The average molecular weight is 459 g/mol. The minimum Gasteiger partial charge on any atom is -0.469 e. The average Bonchev–Trinajstić information content (AvgIpc) is 3.18. The number of ketones is 2. The quantitative estimate of drug-likeness (QED) is 0.352. The Hall–Kier alpha value is -1.71. The van der Waals surface area contributed by atoms with Gasteiger partial charge in [0.05, 0.1) is 7.11 Å². The number of hydrogen-bond donors (Lipinski definition) is 0. The van der Waals surface area contributed by atoms with Gasteiger partial charge >= 0.3 is 5.97 Å². The van der Waals surface area contributed by atoms with Gasteiger partial charge in [0.15, 0.2) is 0 Å². The zero-order valence-corrected chi connectivity index (χ0v) is 21.5. The Morgan fingerprint density at radius 2 is 1.64 bits per heavy atom. The van der Waals surface area contributed by atoms with E-state index in [0.29, 0.717) is 66.8 Å². The predicted molar refractivity (Wildman–Crippen MR) is 134 cm³/mol. The Bertz CT molecular complexity index is 727. The van der Waals surface area contributed by atoms with Crippen LogP contribution in [0.15, 0.2) is 26.3 Å². The van der Waals surface area contributed by atoms with E-state index in [1.807, 2.05) is 0 Å². The first-order valence-corrected chi connectivity index (χ1v) is 12.8. The van der Waals surface area contributed by atoms with Crippen molar-refractivity contribution in [2.45, 2.75) is 85.0 Å². The van der Waals surface area contributed by atoms with Crippen molar-refractivity contribution in [2.75, 3.05) is 7.11 Å². The van der Waals surface area contributed by atoms with Gasteiger partial charge in [0.1, 0.15) is 11.6 Å². The lowest BCUT2D eigenvalue weighted by molar-refractivity contribution is -0.159. The van der Waals surface area contributed by atoms with E-state index in [9.17, 15) is 14.4 Å². The fourth-order valence-corrected chi connectivity index (χ4v) is 8.46. The lowest BCUT2D eigenvalue weighted by Gasteiger charge is -2.59. The Morgan fingerprint density at radius 3 is 2.27 bits per heavy atom. The van der Waals surface area contributed by atoms with E-state index in [4.69, 9.17) is 4.74 Å². The number of hydrogen-bond acceptors (Lipinski definition) is 4. The van der Waals surface area contributed by atoms with E-state index >= 15 is 0 Å². The molecule has 33 heavy (non-hydrogen) atoms. The summed E-state index contributed by atoms with van der Waals surface area (Å²) in [7, 11) is 1.47. The van der Waals surface area contributed by atoms with E-state index in [-0.39, 0.29) is 22.7 Å². The number of Topliss-reactive ketones (excluding diaryl/α,β-unsaturated/α-hetero) is 2. The van der Waals surface area contributed by atoms with Gasteiger partial charge in [-0.25, -0.2) is 0 Å². The molecular weight excluding hydrogens is 412 g/mol. The molecule has 4 aliphatic carbocycles. The van der Waals surface area contributed by atoms with Gasteiger partial charge in [-0.05, 0) is 78.9 Å². The maximum Gasteiger partial charge on any atom is 0.305 e. The largest absolute Gasteiger partial charge is 0.469 e. The number of carbonyl (C=O) groups is 3. The number of methoxy groups -OCH3 is 1. The molecule has 0 heterocycles. The molecule has 4 heteroatoms. The minimum absolute atomic E-state index is 0.0227. The highest BCUT2D eigenvalue weighted by Crippen LogP contribution is 2.67. The van der Waals surface area contributed by atoms with Crippen molar-refractivity contribution >= 4 is 17.5 Å². The minimum atomic E-state index is -0.107. The molecule has 4 fully saturated rings. The van der Waals surface area contributed by atoms with Crippen LogP contribution in [0.5, 0.6) is 0 Å². The van der Waals surface area contributed by atoms with Crippen molar-refractivity contribution in [3.05, 3.63) is 26.3 Å². The molecule has 4 aliphatic rings. The molecule has 0 saturated heterocycles. The summed E-state index contributed by atoms with van der Waals surface area (Å²) in [5, 5.41) is 0. The molecule has 0 aliphatic heterocycles. The van der Waals surface area contributed by atoms with Gasteiger partial charge in [0.25, 0.3) is 0 Å². The van der Waals surface area contributed by atoms with Gasteiger partial charge in [0.2, 0.25) is 0 Å². The maximum atomic E-state index is 13.1. The highest BCUT2D eigenvalue weighted by molar-refractivity contribution is 5.90. The fraction of sp³-hybridized carbons (Fsp3) is 0.759. The number of fused-ring (bicyclic) bond motifs is 5. The molecule has 0 N–H and O–H groups in total. The number of ether oxygens (including phenoxy) is 1. The summed E-state index contributed by atoms with van der Waals surface area (Å²) in [5.41, 5.74) is 0.314. The third kappa shape index (κ3) is 4.91. The van der Waals surface area contributed by atoms with Crippen LogP contribution in [-0.2, 0) is 19.1 Å². The van der Waals surface area contributed by atoms with Crippen molar-refractivity contribution in [3.63, 3.8) is 0 Å². The molecule has 4 saturated carbocycles. The van der Waals surface area contributed by atoms with Crippen molar-refractivity contribution in [3.8, 4) is 0 Å². The Labute approximate surface area is 201 Å². The molecule has 0 aromatic carbocycles. The van der Waals surface area contributed by atoms with Crippen LogP contribution in [0.1, 0.15) is 85.0 Å². The SMILES string of the molecule is C=C.C=C.COC(=O)CC[C@@H](C)[C@H]1CC[C@H]2[C@@H]3CC(=O)[C@H]4CC(=O)CC[C@]4(C)[C@H]3CC[C@]12C. The van der Waals surface area contributed by atoms with Gasteiger partial charge in [-0.15, -0.1) is 26.3 Å². The van der Waals surface area contributed by atoms with Crippen LogP contribution >= 0.6 is 0 Å². The van der Waals surface area contributed by atoms with E-state index in [0.717, 1.165) is 12.8 Å². The van der Waals surface area contributed by atoms with E-state index in [1.54, 1.807) is 0 Å². The van der Waals surface area contributed by atoms with Crippen LogP contribution in [0.4, 0.5) is 0 Å². The Morgan fingerprint density at radius 1 is 1.00 bits per heavy atom. The van der Waals surface area contributed by atoms with E-state index < -0.39 is 0 Å². The van der Waals surface area contributed by atoms with Crippen molar-refractivity contribution in [1.82, 2.24) is 0 Å². The molecule has 8 atom stereocenters. The van der Waals surface area contributed by atoms with Gasteiger partial charge in [-0.3, -0.25) is 14.4 Å². The summed E-state index contributed by atoms with van der Waals surface area (Å²) in [6.07, 6.45) is 9.04. The van der Waals surface area contributed by atoms with E-state index in [2.05, 4.69) is 47.1 Å². The van der Waals surface area contributed by atoms with Crippen LogP contribution in [0.2, 0.25) is 0 Å². The summed E-state index contributed by atoms with van der Waals surface area (Å²) >= 11 is 0. The summed E-state index contributed by atoms with van der Waals surface area (Å²) in [5.74, 6) is 3.38. The van der Waals surface area contributed by atoms with Crippen LogP contribution in [0.25, 0.3) is 0 Å². The molecule has 0 amide bonds. The molecule has 0 aromatic heterocycles. The Kier molecular flexibility index (Phi) is 9.30. The highest BCUT2D eigenvalue weighted by Gasteiger charge is 2.62. The second-order valence-corrected chi connectivity index (χ2v) is 11.2. The molecule has 0 spiro atoms. The summed E-state index contributed by atoms with van der Waals surface area (Å²) in [4.78, 5) is 36.8. The zero-order valence-electron chi connectivity index (χ0n) is 21.5. The van der Waals surface area contributed by atoms with Crippen molar-refractivity contribution < 1.29 is 19.1 Å². The second kappa shape index (κ2) is 11.1. The molecule has 0 radical (unpaired) electrons. The normalized spacial score (nSPS) is 39.9. The lowest BCUT2D eigenvalue weighted by Crippen LogP contribution is -2.56. The van der Waals surface area contributed by atoms with Crippen LogP contribution in [-0.4, -0.2) is 24.6 Å². The summed E-state index contributed by atoms with van der Waals surface area (Å²) in [6.45, 7) is 19.1. The lowest BCUT2D eigenvalue weighted by atomic mass is 9.44. The molecule has 0 aromatic rings.